The van der Waals surface area contributed by atoms with Gasteiger partial charge in [-0.3, -0.25) is 4.90 Å². The third-order valence-corrected chi connectivity index (χ3v) is 5.61. The molecule has 3 heteroatoms. The van der Waals surface area contributed by atoms with Gasteiger partial charge in [0.15, 0.2) is 0 Å². The van der Waals surface area contributed by atoms with Gasteiger partial charge in [-0.2, -0.15) is 0 Å². The van der Waals surface area contributed by atoms with Crippen LogP contribution in [0.5, 0.6) is 0 Å². The first-order valence-corrected chi connectivity index (χ1v) is 8.65. The van der Waals surface area contributed by atoms with Crippen molar-refractivity contribution in [1.82, 2.24) is 10.2 Å². The van der Waals surface area contributed by atoms with E-state index in [2.05, 4.69) is 40.2 Å². The molecule has 0 spiro atoms. The van der Waals surface area contributed by atoms with E-state index in [9.17, 15) is 0 Å². The van der Waals surface area contributed by atoms with E-state index in [1.54, 1.807) is 5.56 Å². The van der Waals surface area contributed by atoms with Crippen LogP contribution in [0.2, 0.25) is 0 Å². The molecule has 0 aromatic heterocycles. The quantitative estimate of drug-likeness (QED) is 0.855. The van der Waals surface area contributed by atoms with Crippen LogP contribution in [0, 0.1) is 0 Å². The highest BCUT2D eigenvalue weighted by atomic mass is 15.3. The molecule has 2 fully saturated rings. The average Bonchev–Trinajstić information content (AvgIpc) is 2.54. The van der Waals surface area contributed by atoms with E-state index in [1.165, 1.54) is 56.6 Å². The topological polar surface area (TPSA) is 18.5 Å². The Morgan fingerprint density at radius 2 is 2.14 bits per heavy atom. The van der Waals surface area contributed by atoms with Gasteiger partial charge < -0.3 is 10.2 Å². The van der Waals surface area contributed by atoms with Crippen LogP contribution in [0.3, 0.4) is 0 Å². The Labute approximate surface area is 128 Å². The number of piperazine rings is 1. The van der Waals surface area contributed by atoms with E-state index in [0.29, 0.717) is 6.04 Å². The fraction of sp³-hybridized carbons (Fsp3) is 0.667. The summed E-state index contributed by atoms with van der Waals surface area (Å²) in [6.07, 6.45) is 5.39. The summed E-state index contributed by atoms with van der Waals surface area (Å²) in [5.41, 5.74) is 4.64. The Hall–Kier alpha value is -1.06. The van der Waals surface area contributed by atoms with Crippen LogP contribution in [0.4, 0.5) is 5.69 Å². The SMILES string of the molecule is CC1CN2CCCCC2CN1c1cccc2c1CCNC2. The van der Waals surface area contributed by atoms with Gasteiger partial charge in [-0.05, 0) is 56.5 Å². The van der Waals surface area contributed by atoms with Crippen molar-refractivity contribution >= 4 is 5.69 Å². The van der Waals surface area contributed by atoms with E-state index in [1.807, 2.05) is 0 Å². The largest absolute Gasteiger partial charge is 0.366 e. The van der Waals surface area contributed by atoms with Gasteiger partial charge >= 0.3 is 0 Å². The number of benzene rings is 1. The summed E-state index contributed by atoms with van der Waals surface area (Å²) < 4.78 is 0. The predicted octanol–water partition coefficient (Wildman–Crippen LogP) is 2.40. The molecule has 0 bridgehead atoms. The molecule has 2 unspecified atom stereocenters. The van der Waals surface area contributed by atoms with Crippen molar-refractivity contribution in [2.75, 3.05) is 31.1 Å². The van der Waals surface area contributed by atoms with Crippen LogP contribution in [-0.4, -0.2) is 43.2 Å². The van der Waals surface area contributed by atoms with Crippen LogP contribution in [0.15, 0.2) is 18.2 Å². The molecule has 2 atom stereocenters. The maximum atomic E-state index is 3.50. The first-order valence-electron chi connectivity index (χ1n) is 8.65. The summed E-state index contributed by atoms with van der Waals surface area (Å²) >= 11 is 0. The van der Waals surface area contributed by atoms with Crippen LogP contribution >= 0.6 is 0 Å². The number of anilines is 1. The molecule has 1 N–H and O–H groups in total. The smallest absolute Gasteiger partial charge is 0.0405 e. The maximum Gasteiger partial charge on any atom is 0.0405 e. The van der Waals surface area contributed by atoms with Crippen molar-refractivity contribution in [2.45, 2.75) is 51.2 Å². The zero-order valence-corrected chi connectivity index (χ0v) is 13.1. The van der Waals surface area contributed by atoms with Crippen LogP contribution in [0.1, 0.15) is 37.3 Å². The lowest BCUT2D eigenvalue weighted by Gasteiger charge is -2.49. The fourth-order valence-electron chi connectivity index (χ4n) is 4.47. The van der Waals surface area contributed by atoms with Gasteiger partial charge in [-0.1, -0.05) is 18.6 Å². The van der Waals surface area contributed by atoms with E-state index < -0.39 is 0 Å². The van der Waals surface area contributed by atoms with Crippen LogP contribution in [-0.2, 0) is 13.0 Å². The van der Waals surface area contributed by atoms with Crippen LogP contribution in [0.25, 0.3) is 0 Å². The van der Waals surface area contributed by atoms with Gasteiger partial charge in [0, 0.05) is 37.4 Å². The van der Waals surface area contributed by atoms with Gasteiger partial charge in [0.2, 0.25) is 0 Å². The van der Waals surface area contributed by atoms with E-state index >= 15 is 0 Å². The standard InChI is InChI=1S/C18H27N3/c1-14-12-20-10-3-2-6-16(20)13-21(14)18-7-4-5-15-11-19-9-8-17(15)18/h4-5,7,14,16,19H,2-3,6,8-13H2,1H3. The third kappa shape index (κ3) is 2.47. The molecule has 3 aliphatic heterocycles. The molecule has 0 amide bonds. The van der Waals surface area contributed by atoms with E-state index in [0.717, 1.165) is 19.1 Å². The minimum Gasteiger partial charge on any atom is -0.366 e. The average molecular weight is 285 g/mol. The molecule has 0 saturated carbocycles. The monoisotopic (exact) mass is 285 g/mol. The molecule has 1 aromatic rings. The summed E-state index contributed by atoms with van der Waals surface area (Å²) in [4.78, 5) is 5.44. The second-order valence-electron chi connectivity index (χ2n) is 6.99. The molecule has 21 heavy (non-hydrogen) atoms. The minimum absolute atomic E-state index is 0.640. The number of hydrogen-bond donors (Lipinski definition) is 1. The fourth-order valence-corrected chi connectivity index (χ4v) is 4.47. The molecule has 3 aliphatic rings. The second-order valence-corrected chi connectivity index (χ2v) is 6.99. The molecular weight excluding hydrogens is 258 g/mol. The highest BCUT2D eigenvalue weighted by molar-refractivity contribution is 5.59. The third-order valence-electron chi connectivity index (χ3n) is 5.61. The molecule has 114 valence electrons. The van der Waals surface area contributed by atoms with Gasteiger partial charge in [0.1, 0.15) is 0 Å². The Morgan fingerprint density at radius 1 is 1.19 bits per heavy atom. The second kappa shape index (κ2) is 5.62. The number of piperidine rings is 1. The number of nitrogens with zero attached hydrogens (tertiary/aromatic N) is 2. The summed E-state index contributed by atoms with van der Waals surface area (Å²) in [5, 5.41) is 3.50. The van der Waals surface area contributed by atoms with Gasteiger partial charge in [0.05, 0.1) is 0 Å². The molecule has 0 aliphatic carbocycles. The number of fused-ring (bicyclic) bond motifs is 2. The Balaban J connectivity index is 1.63. The van der Waals surface area contributed by atoms with Crippen molar-refractivity contribution in [3.63, 3.8) is 0 Å². The predicted molar refractivity (Wildman–Crippen MR) is 87.9 cm³/mol. The van der Waals surface area contributed by atoms with Crippen molar-refractivity contribution in [3.8, 4) is 0 Å². The number of rotatable bonds is 1. The van der Waals surface area contributed by atoms with Gasteiger partial charge in [0.25, 0.3) is 0 Å². The molecule has 3 heterocycles. The summed E-state index contributed by atoms with van der Waals surface area (Å²) in [5.74, 6) is 0. The molecule has 0 radical (unpaired) electrons. The Kier molecular flexibility index (Phi) is 3.64. The van der Waals surface area contributed by atoms with Gasteiger partial charge in [-0.25, -0.2) is 0 Å². The first kappa shape index (κ1) is 13.6. The highest BCUT2D eigenvalue weighted by Gasteiger charge is 2.34. The minimum atomic E-state index is 0.640. The molecule has 4 rings (SSSR count). The summed E-state index contributed by atoms with van der Waals surface area (Å²) in [6.45, 7) is 8.37. The molecule has 1 aromatic carbocycles. The van der Waals surface area contributed by atoms with Crippen molar-refractivity contribution in [3.05, 3.63) is 29.3 Å². The Bertz CT molecular complexity index is 513. The first-order chi connectivity index (χ1) is 10.3. The lowest BCUT2D eigenvalue weighted by Crippen LogP contribution is -2.59. The van der Waals surface area contributed by atoms with Crippen molar-refractivity contribution in [2.24, 2.45) is 0 Å². The lowest BCUT2D eigenvalue weighted by atomic mass is 9.93. The Morgan fingerprint density at radius 3 is 3.10 bits per heavy atom. The maximum absolute atomic E-state index is 3.50. The normalized spacial score (nSPS) is 29.9. The van der Waals surface area contributed by atoms with Crippen LogP contribution < -0.4 is 10.2 Å². The highest BCUT2D eigenvalue weighted by Crippen LogP contribution is 2.32. The van der Waals surface area contributed by atoms with E-state index in [4.69, 9.17) is 0 Å². The van der Waals surface area contributed by atoms with Crippen molar-refractivity contribution in [1.29, 1.82) is 0 Å². The number of nitrogens with one attached hydrogen (secondary N) is 1. The van der Waals surface area contributed by atoms with Gasteiger partial charge in [-0.15, -0.1) is 0 Å². The zero-order valence-electron chi connectivity index (χ0n) is 13.1. The zero-order chi connectivity index (χ0) is 14.2. The lowest BCUT2D eigenvalue weighted by molar-refractivity contribution is 0.115. The molecular formula is C18H27N3. The summed E-state index contributed by atoms with van der Waals surface area (Å²) in [6, 6.07) is 8.33. The van der Waals surface area contributed by atoms with Crippen molar-refractivity contribution < 1.29 is 0 Å². The molecule has 3 nitrogen and oxygen atoms in total. The molecule has 2 saturated heterocycles. The number of hydrogen-bond acceptors (Lipinski definition) is 3. The van der Waals surface area contributed by atoms with E-state index in [-0.39, 0.29) is 0 Å². The summed E-state index contributed by atoms with van der Waals surface area (Å²) in [7, 11) is 0.